The minimum absolute atomic E-state index is 1.19. The second-order valence-electron chi connectivity index (χ2n) is 3.56. The quantitative estimate of drug-likeness (QED) is 0.592. The van der Waals surface area contributed by atoms with Gasteiger partial charge in [-0.3, -0.25) is 0 Å². The molecule has 1 aliphatic rings. The predicted octanol–water partition coefficient (Wildman–Crippen LogP) is 4.95. The number of rotatable bonds is 1. The number of hydrogen-bond donors (Lipinski definition) is 0. The molecule has 0 atom stereocenters. The molecule has 0 amide bonds. The van der Waals surface area contributed by atoms with Crippen LogP contribution in [-0.4, -0.2) is 0 Å². The largest absolute Gasteiger partial charge is 0.0985 e. The van der Waals surface area contributed by atoms with Gasteiger partial charge in [0.25, 0.3) is 0 Å². The normalized spacial score (nSPS) is 12.8. The fraction of sp³-hybridized carbons (Fsp3) is 0. The molecule has 0 nitrogen and oxygen atoms in total. The highest BCUT2D eigenvalue weighted by molar-refractivity contribution is 8.05. The average molecular weight is 242 g/mol. The summed E-state index contributed by atoms with van der Waals surface area (Å²) in [6.45, 7) is 3.81. The molecule has 2 aromatic rings. The molecule has 0 aromatic heterocycles. The smallest absolute Gasteiger partial charge is 0.0268 e. The molecule has 0 bridgehead atoms. The van der Waals surface area contributed by atoms with Gasteiger partial charge in [-0.05, 0) is 29.8 Å². The zero-order valence-corrected chi connectivity index (χ0v) is 10.3. The van der Waals surface area contributed by atoms with Gasteiger partial charge in [0.05, 0.1) is 0 Å². The van der Waals surface area contributed by atoms with Gasteiger partial charge in [0.1, 0.15) is 0 Å². The lowest BCUT2D eigenvalue weighted by molar-refractivity contribution is 1.15. The first-order chi connectivity index (χ1) is 7.86. The first-order valence-electron chi connectivity index (χ1n) is 5.08. The van der Waals surface area contributed by atoms with E-state index in [1.165, 1.54) is 25.1 Å². The minimum atomic E-state index is 1.19. The van der Waals surface area contributed by atoms with Gasteiger partial charge < -0.3 is 0 Å². The van der Waals surface area contributed by atoms with Gasteiger partial charge in [0, 0.05) is 19.6 Å². The Kier molecular flexibility index (Phi) is 2.54. The van der Waals surface area contributed by atoms with Crippen LogP contribution in [0.15, 0.2) is 68.6 Å². The summed E-state index contributed by atoms with van der Waals surface area (Å²) in [7, 11) is 0. The molecular weight excluding hydrogens is 232 g/mol. The zero-order valence-electron chi connectivity index (χ0n) is 8.64. The fourth-order valence-electron chi connectivity index (χ4n) is 1.67. The van der Waals surface area contributed by atoms with Gasteiger partial charge in [-0.25, -0.2) is 0 Å². The standard InChI is InChI=1S/C14H10S2/c1-2-10-7-8-13-14(9-10)16-12-6-4-3-5-11(12)15-13/h2-9H,1H2. The molecule has 0 aliphatic carbocycles. The SMILES string of the molecule is C=Cc1ccc2c(c1)Sc1ccccc1S2. The van der Waals surface area contributed by atoms with E-state index in [4.69, 9.17) is 0 Å². The van der Waals surface area contributed by atoms with Crippen molar-refractivity contribution in [1.29, 1.82) is 0 Å². The lowest BCUT2D eigenvalue weighted by Crippen LogP contribution is -1.89. The number of fused-ring (bicyclic) bond motifs is 2. The molecule has 1 aliphatic heterocycles. The highest BCUT2D eigenvalue weighted by Crippen LogP contribution is 2.48. The second kappa shape index (κ2) is 4.04. The molecule has 2 heteroatoms. The van der Waals surface area contributed by atoms with Crippen LogP contribution in [0.2, 0.25) is 0 Å². The molecule has 16 heavy (non-hydrogen) atoms. The molecule has 0 saturated carbocycles. The van der Waals surface area contributed by atoms with Crippen molar-refractivity contribution in [2.24, 2.45) is 0 Å². The van der Waals surface area contributed by atoms with E-state index in [9.17, 15) is 0 Å². The van der Waals surface area contributed by atoms with Crippen molar-refractivity contribution < 1.29 is 0 Å². The third kappa shape index (κ3) is 1.68. The van der Waals surface area contributed by atoms with Crippen LogP contribution in [0.25, 0.3) is 6.08 Å². The molecule has 0 N–H and O–H groups in total. The Morgan fingerprint density at radius 3 is 2.12 bits per heavy atom. The lowest BCUT2D eigenvalue weighted by Gasteiger charge is -2.18. The van der Waals surface area contributed by atoms with Crippen LogP contribution in [0, 0.1) is 0 Å². The van der Waals surface area contributed by atoms with Gasteiger partial charge in [-0.2, -0.15) is 0 Å². The summed E-state index contributed by atoms with van der Waals surface area (Å²) in [5.41, 5.74) is 1.19. The Hall–Kier alpha value is -1.12. The second-order valence-corrected chi connectivity index (χ2v) is 5.73. The van der Waals surface area contributed by atoms with E-state index < -0.39 is 0 Å². The van der Waals surface area contributed by atoms with E-state index in [1.807, 2.05) is 29.6 Å². The van der Waals surface area contributed by atoms with E-state index in [0.29, 0.717) is 0 Å². The minimum Gasteiger partial charge on any atom is -0.0985 e. The molecular formula is C14H10S2. The van der Waals surface area contributed by atoms with E-state index in [1.54, 1.807) is 0 Å². The number of hydrogen-bond acceptors (Lipinski definition) is 2. The van der Waals surface area contributed by atoms with Crippen molar-refractivity contribution in [1.82, 2.24) is 0 Å². The molecule has 78 valence electrons. The van der Waals surface area contributed by atoms with Crippen LogP contribution >= 0.6 is 23.5 Å². The summed E-state index contributed by atoms with van der Waals surface area (Å²) >= 11 is 3.69. The molecule has 0 radical (unpaired) electrons. The molecule has 0 saturated heterocycles. The van der Waals surface area contributed by atoms with E-state index in [2.05, 4.69) is 49.0 Å². The topological polar surface area (TPSA) is 0 Å². The van der Waals surface area contributed by atoms with Gasteiger partial charge in [-0.1, -0.05) is 54.4 Å². The van der Waals surface area contributed by atoms with Crippen molar-refractivity contribution in [3.63, 3.8) is 0 Å². The van der Waals surface area contributed by atoms with Crippen LogP contribution in [0.4, 0.5) is 0 Å². The van der Waals surface area contributed by atoms with Crippen LogP contribution < -0.4 is 0 Å². The predicted molar refractivity (Wildman–Crippen MR) is 71.2 cm³/mol. The third-order valence-corrected chi connectivity index (χ3v) is 5.04. The van der Waals surface area contributed by atoms with Crippen LogP contribution in [-0.2, 0) is 0 Å². The summed E-state index contributed by atoms with van der Waals surface area (Å²) in [4.78, 5) is 5.38. The van der Waals surface area contributed by atoms with E-state index >= 15 is 0 Å². The first kappa shape index (κ1) is 10.1. The fourth-order valence-corrected chi connectivity index (χ4v) is 3.94. The Labute approximate surface area is 104 Å². The molecule has 0 fully saturated rings. The molecule has 2 aromatic carbocycles. The van der Waals surface area contributed by atoms with Crippen molar-refractivity contribution in [3.8, 4) is 0 Å². The van der Waals surface area contributed by atoms with E-state index in [-0.39, 0.29) is 0 Å². The maximum Gasteiger partial charge on any atom is 0.0268 e. The summed E-state index contributed by atoms with van der Waals surface area (Å²) in [6.07, 6.45) is 1.89. The van der Waals surface area contributed by atoms with Gasteiger partial charge in [0.2, 0.25) is 0 Å². The Morgan fingerprint density at radius 1 is 0.812 bits per heavy atom. The summed E-state index contributed by atoms with van der Waals surface area (Å²) in [5.74, 6) is 0. The summed E-state index contributed by atoms with van der Waals surface area (Å²) in [5, 5.41) is 0. The average Bonchev–Trinajstić information content (AvgIpc) is 2.35. The third-order valence-electron chi connectivity index (χ3n) is 2.49. The summed E-state index contributed by atoms with van der Waals surface area (Å²) in [6, 6.07) is 15.0. The van der Waals surface area contributed by atoms with Gasteiger partial charge in [-0.15, -0.1) is 0 Å². The Bertz CT molecular complexity index is 558. The molecule has 1 heterocycles. The van der Waals surface area contributed by atoms with Crippen molar-refractivity contribution in [2.45, 2.75) is 19.6 Å². The van der Waals surface area contributed by atoms with Crippen molar-refractivity contribution >= 4 is 29.6 Å². The maximum atomic E-state index is 3.81. The van der Waals surface area contributed by atoms with Crippen molar-refractivity contribution in [2.75, 3.05) is 0 Å². The monoisotopic (exact) mass is 242 g/mol. The van der Waals surface area contributed by atoms with Gasteiger partial charge >= 0.3 is 0 Å². The molecule has 0 unspecified atom stereocenters. The first-order valence-corrected chi connectivity index (χ1v) is 6.71. The lowest BCUT2D eigenvalue weighted by atomic mass is 10.2. The highest BCUT2D eigenvalue weighted by Gasteiger charge is 2.15. The molecule has 3 rings (SSSR count). The number of benzene rings is 2. The Morgan fingerprint density at radius 2 is 1.44 bits per heavy atom. The van der Waals surface area contributed by atoms with Crippen LogP contribution in [0.3, 0.4) is 0 Å². The zero-order chi connectivity index (χ0) is 11.0. The van der Waals surface area contributed by atoms with Crippen LogP contribution in [0.5, 0.6) is 0 Å². The summed E-state index contributed by atoms with van der Waals surface area (Å²) < 4.78 is 0. The van der Waals surface area contributed by atoms with Crippen LogP contribution in [0.1, 0.15) is 5.56 Å². The van der Waals surface area contributed by atoms with Crippen molar-refractivity contribution in [3.05, 3.63) is 54.6 Å². The molecule has 0 spiro atoms. The van der Waals surface area contributed by atoms with E-state index in [0.717, 1.165) is 0 Å². The van der Waals surface area contributed by atoms with Gasteiger partial charge in [0.15, 0.2) is 0 Å². The Balaban J connectivity index is 2.08. The maximum absolute atomic E-state index is 3.81. The highest BCUT2D eigenvalue weighted by atomic mass is 32.2.